The number of anilines is 1. The Morgan fingerprint density at radius 3 is 3.00 bits per heavy atom. The van der Waals surface area contributed by atoms with Gasteiger partial charge in [-0.25, -0.2) is 0 Å². The first-order valence-electron chi connectivity index (χ1n) is 5.19. The molecule has 1 heterocycles. The second-order valence-corrected chi connectivity index (χ2v) is 5.21. The molecule has 16 heavy (non-hydrogen) atoms. The van der Waals surface area contributed by atoms with Gasteiger partial charge in [0.15, 0.2) is 0 Å². The molecule has 2 rings (SSSR count). The highest BCUT2D eigenvalue weighted by Gasteiger charge is 2.29. The fourth-order valence-corrected chi connectivity index (χ4v) is 2.17. The van der Waals surface area contributed by atoms with Crippen molar-refractivity contribution in [1.29, 1.82) is 5.26 Å². The van der Waals surface area contributed by atoms with Crippen molar-refractivity contribution in [1.82, 2.24) is 0 Å². The zero-order valence-corrected chi connectivity index (χ0v) is 10.7. The Bertz CT molecular complexity index is 433. The van der Waals surface area contributed by atoms with Crippen LogP contribution in [0.3, 0.4) is 0 Å². The summed E-state index contributed by atoms with van der Waals surface area (Å²) in [5.41, 5.74) is 1.47. The third-order valence-electron chi connectivity index (χ3n) is 2.76. The maximum absolute atomic E-state index is 9.06. The van der Waals surface area contributed by atoms with Gasteiger partial charge < -0.3 is 10.1 Å². The second kappa shape index (κ2) is 4.44. The van der Waals surface area contributed by atoms with Crippen LogP contribution in [0.1, 0.15) is 18.9 Å². The van der Waals surface area contributed by atoms with E-state index in [1.807, 2.05) is 18.2 Å². The topological polar surface area (TPSA) is 45.0 Å². The van der Waals surface area contributed by atoms with E-state index < -0.39 is 0 Å². The van der Waals surface area contributed by atoms with E-state index in [2.05, 4.69) is 34.2 Å². The monoisotopic (exact) mass is 280 g/mol. The minimum absolute atomic E-state index is 0.0561. The molecule has 1 aromatic rings. The number of hydrogen-bond donors (Lipinski definition) is 1. The highest BCUT2D eigenvalue weighted by atomic mass is 79.9. The van der Waals surface area contributed by atoms with Gasteiger partial charge in [0.05, 0.1) is 23.4 Å². The third kappa shape index (κ3) is 2.37. The van der Waals surface area contributed by atoms with Gasteiger partial charge in [-0.2, -0.15) is 5.26 Å². The van der Waals surface area contributed by atoms with Gasteiger partial charge in [-0.05, 0) is 31.5 Å². The van der Waals surface area contributed by atoms with Gasteiger partial charge in [-0.15, -0.1) is 0 Å². The van der Waals surface area contributed by atoms with Crippen LogP contribution in [0, 0.1) is 11.3 Å². The molecule has 1 N–H and O–H groups in total. The van der Waals surface area contributed by atoms with Gasteiger partial charge in [0.25, 0.3) is 0 Å². The smallest absolute Gasteiger partial charge is 0.101 e. The molecule has 1 aliphatic rings. The SMILES string of the molecule is CC1(Nc2ccc(Br)cc2C#N)CCOC1. The summed E-state index contributed by atoms with van der Waals surface area (Å²) < 4.78 is 6.29. The molecule has 0 aromatic heterocycles. The predicted molar refractivity (Wildman–Crippen MR) is 66.3 cm³/mol. The maximum Gasteiger partial charge on any atom is 0.101 e. The van der Waals surface area contributed by atoms with E-state index in [1.165, 1.54) is 0 Å². The van der Waals surface area contributed by atoms with E-state index in [1.54, 1.807) is 0 Å². The summed E-state index contributed by atoms with van der Waals surface area (Å²) in [6.07, 6.45) is 0.966. The zero-order valence-electron chi connectivity index (χ0n) is 9.09. The summed E-state index contributed by atoms with van der Waals surface area (Å²) in [5, 5.41) is 12.5. The van der Waals surface area contributed by atoms with Crippen LogP contribution < -0.4 is 5.32 Å². The summed E-state index contributed by atoms with van der Waals surface area (Å²) >= 11 is 3.36. The average molecular weight is 281 g/mol. The average Bonchev–Trinajstić information content (AvgIpc) is 2.68. The van der Waals surface area contributed by atoms with E-state index in [4.69, 9.17) is 10.00 Å². The van der Waals surface area contributed by atoms with E-state index in [0.29, 0.717) is 12.2 Å². The van der Waals surface area contributed by atoms with E-state index in [0.717, 1.165) is 23.2 Å². The first-order chi connectivity index (χ1) is 7.63. The molecular formula is C12H13BrN2O. The highest BCUT2D eigenvalue weighted by molar-refractivity contribution is 9.10. The third-order valence-corrected chi connectivity index (χ3v) is 3.25. The van der Waals surface area contributed by atoms with Crippen LogP contribution in [0.15, 0.2) is 22.7 Å². The van der Waals surface area contributed by atoms with Crippen molar-refractivity contribution in [3.63, 3.8) is 0 Å². The lowest BCUT2D eigenvalue weighted by Crippen LogP contribution is -2.35. The molecule has 0 spiro atoms. The first-order valence-corrected chi connectivity index (χ1v) is 5.98. The van der Waals surface area contributed by atoms with Gasteiger partial charge in [-0.1, -0.05) is 15.9 Å². The molecule has 1 atom stereocenters. The summed E-state index contributed by atoms with van der Waals surface area (Å²) in [5.74, 6) is 0. The van der Waals surface area contributed by atoms with E-state index in [9.17, 15) is 0 Å². The number of ether oxygens (including phenoxy) is 1. The van der Waals surface area contributed by atoms with Crippen molar-refractivity contribution in [2.45, 2.75) is 18.9 Å². The number of halogens is 1. The summed E-state index contributed by atoms with van der Waals surface area (Å²) in [6.45, 7) is 3.58. The maximum atomic E-state index is 9.06. The molecular weight excluding hydrogens is 268 g/mol. The summed E-state index contributed by atoms with van der Waals surface area (Å²) in [7, 11) is 0. The van der Waals surface area contributed by atoms with Crippen molar-refractivity contribution >= 4 is 21.6 Å². The first kappa shape index (κ1) is 11.4. The van der Waals surface area contributed by atoms with E-state index in [-0.39, 0.29) is 5.54 Å². The van der Waals surface area contributed by atoms with Gasteiger partial charge in [0, 0.05) is 11.1 Å². The molecule has 1 fully saturated rings. The Morgan fingerprint density at radius 2 is 2.38 bits per heavy atom. The minimum atomic E-state index is -0.0561. The molecule has 1 aromatic carbocycles. The van der Waals surface area contributed by atoms with Crippen LogP contribution in [0.5, 0.6) is 0 Å². The van der Waals surface area contributed by atoms with Gasteiger partial charge in [0.1, 0.15) is 6.07 Å². The Hall–Kier alpha value is -1.05. The largest absolute Gasteiger partial charge is 0.379 e. The van der Waals surface area contributed by atoms with Gasteiger partial charge in [-0.3, -0.25) is 0 Å². The lowest BCUT2D eigenvalue weighted by Gasteiger charge is -2.25. The standard InChI is InChI=1S/C12H13BrN2O/c1-12(4-5-16-8-12)15-11-3-2-10(13)6-9(11)7-14/h2-3,6,15H,4-5,8H2,1H3. The molecule has 0 saturated carbocycles. The zero-order chi connectivity index (χ0) is 11.6. The van der Waals surface area contributed by atoms with Gasteiger partial charge in [0.2, 0.25) is 0 Å². The van der Waals surface area contributed by atoms with E-state index >= 15 is 0 Å². The van der Waals surface area contributed by atoms with Crippen LogP contribution in [0.2, 0.25) is 0 Å². The van der Waals surface area contributed by atoms with Crippen LogP contribution in [0.25, 0.3) is 0 Å². The molecule has 4 heteroatoms. The molecule has 0 aliphatic carbocycles. The Balaban J connectivity index is 2.24. The normalized spacial score (nSPS) is 24.1. The molecule has 0 radical (unpaired) electrons. The molecule has 1 saturated heterocycles. The molecule has 3 nitrogen and oxygen atoms in total. The quantitative estimate of drug-likeness (QED) is 0.906. The lowest BCUT2D eigenvalue weighted by molar-refractivity contribution is 0.185. The van der Waals surface area contributed by atoms with Crippen molar-refractivity contribution in [2.75, 3.05) is 18.5 Å². The number of nitrogens with one attached hydrogen (secondary N) is 1. The Morgan fingerprint density at radius 1 is 1.56 bits per heavy atom. The molecule has 0 bridgehead atoms. The van der Waals surface area contributed by atoms with Gasteiger partial charge >= 0.3 is 0 Å². The number of benzene rings is 1. The van der Waals surface area contributed by atoms with Crippen molar-refractivity contribution in [3.05, 3.63) is 28.2 Å². The fraction of sp³-hybridized carbons (Fsp3) is 0.417. The van der Waals surface area contributed by atoms with Crippen LogP contribution in [-0.2, 0) is 4.74 Å². The van der Waals surface area contributed by atoms with Crippen LogP contribution >= 0.6 is 15.9 Å². The highest BCUT2D eigenvalue weighted by Crippen LogP contribution is 2.27. The van der Waals surface area contributed by atoms with Crippen LogP contribution in [0.4, 0.5) is 5.69 Å². The summed E-state index contributed by atoms with van der Waals surface area (Å²) in [6, 6.07) is 7.87. The second-order valence-electron chi connectivity index (χ2n) is 4.29. The summed E-state index contributed by atoms with van der Waals surface area (Å²) in [4.78, 5) is 0. The lowest BCUT2D eigenvalue weighted by atomic mass is 10.0. The number of rotatable bonds is 2. The Kier molecular flexibility index (Phi) is 3.17. The number of nitrogens with zero attached hydrogens (tertiary/aromatic N) is 1. The number of hydrogen-bond acceptors (Lipinski definition) is 3. The predicted octanol–water partition coefficient (Wildman–Crippen LogP) is 2.91. The molecule has 1 aliphatic heterocycles. The minimum Gasteiger partial charge on any atom is -0.379 e. The van der Waals surface area contributed by atoms with Crippen molar-refractivity contribution in [3.8, 4) is 6.07 Å². The molecule has 84 valence electrons. The fourth-order valence-electron chi connectivity index (χ4n) is 1.81. The molecule has 0 amide bonds. The van der Waals surface area contributed by atoms with Crippen LogP contribution in [-0.4, -0.2) is 18.8 Å². The number of nitriles is 1. The van der Waals surface area contributed by atoms with Crippen molar-refractivity contribution < 1.29 is 4.74 Å². The van der Waals surface area contributed by atoms with Crippen molar-refractivity contribution in [2.24, 2.45) is 0 Å². The molecule has 1 unspecified atom stereocenters. The Labute approximate surface area is 104 Å².